The van der Waals surface area contributed by atoms with Crippen LogP contribution in [0.1, 0.15) is 5.56 Å². The second-order valence-electron chi connectivity index (χ2n) is 3.38. The van der Waals surface area contributed by atoms with Crippen LogP contribution in [0.5, 0.6) is 0 Å². The third kappa shape index (κ3) is 2.03. The number of nitrogens with one attached hydrogen (secondary N) is 1. The van der Waals surface area contributed by atoms with Gasteiger partial charge in [-0.25, -0.2) is 0 Å². The van der Waals surface area contributed by atoms with Crippen LogP contribution in [-0.2, 0) is 7.05 Å². The van der Waals surface area contributed by atoms with Crippen LogP contribution in [0.4, 0.5) is 0 Å². The second-order valence-corrected chi connectivity index (χ2v) is 4.60. The van der Waals surface area contributed by atoms with E-state index >= 15 is 0 Å². The van der Waals surface area contributed by atoms with Crippen molar-refractivity contribution in [3.63, 3.8) is 0 Å². The van der Waals surface area contributed by atoms with E-state index in [1.165, 1.54) is 5.56 Å². The molecule has 1 aromatic heterocycles. The van der Waals surface area contributed by atoms with Gasteiger partial charge in [0.2, 0.25) is 4.77 Å². The van der Waals surface area contributed by atoms with Gasteiger partial charge in [-0.1, -0.05) is 22.0 Å². The monoisotopic (exact) mass is 283 g/mol. The molecule has 1 aromatic carbocycles. The van der Waals surface area contributed by atoms with Crippen LogP contribution in [0.3, 0.4) is 0 Å². The zero-order chi connectivity index (χ0) is 11.0. The summed E-state index contributed by atoms with van der Waals surface area (Å²) in [5, 5.41) is 3.09. The highest BCUT2D eigenvalue weighted by atomic mass is 79.9. The third-order valence-corrected chi connectivity index (χ3v) is 3.45. The molecule has 2 rings (SSSR count). The smallest absolute Gasteiger partial charge is 0.216 e. The maximum absolute atomic E-state index is 5.04. The van der Waals surface area contributed by atoms with Gasteiger partial charge < -0.3 is 0 Å². The van der Waals surface area contributed by atoms with E-state index in [0.29, 0.717) is 4.77 Å². The Hall–Kier alpha value is -0.940. The Balaban J connectivity index is 2.54. The number of aryl methyl sites for hydroxylation is 2. The van der Waals surface area contributed by atoms with Crippen LogP contribution in [0.25, 0.3) is 11.4 Å². The van der Waals surface area contributed by atoms with E-state index in [1.807, 2.05) is 26.1 Å². The largest absolute Gasteiger partial charge is 0.279 e. The van der Waals surface area contributed by atoms with Gasteiger partial charge in [-0.3, -0.25) is 9.78 Å². The van der Waals surface area contributed by atoms with E-state index in [1.54, 1.807) is 4.68 Å². The van der Waals surface area contributed by atoms with Crippen molar-refractivity contribution in [2.24, 2.45) is 7.05 Å². The SMILES string of the molecule is Cc1cc(-c2nc(=S)n(C)[nH]2)ccc1Br. The highest BCUT2D eigenvalue weighted by molar-refractivity contribution is 9.10. The van der Waals surface area contributed by atoms with Gasteiger partial charge in [-0.15, -0.1) is 0 Å². The summed E-state index contributed by atoms with van der Waals surface area (Å²) in [7, 11) is 1.85. The molecule has 78 valence electrons. The number of nitrogens with zero attached hydrogens (tertiary/aromatic N) is 2. The lowest BCUT2D eigenvalue weighted by Gasteiger charge is -2.00. The molecule has 0 amide bonds. The molecule has 0 bridgehead atoms. The molecule has 15 heavy (non-hydrogen) atoms. The molecule has 1 heterocycles. The van der Waals surface area contributed by atoms with E-state index in [-0.39, 0.29) is 0 Å². The average molecular weight is 284 g/mol. The van der Waals surface area contributed by atoms with Crippen LogP contribution < -0.4 is 0 Å². The van der Waals surface area contributed by atoms with Crippen molar-refractivity contribution in [1.29, 1.82) is 0 Å². The Kier molecular flexibility index (Phi) is 2.75. The fraction of sp³-hybridized carbons (Fsp3) is 0.200. The Morgan fingerprint density at radius 2 is 2.20 bits per heavy atom. The van der Waals surface area contributed by atoms with Crippen LogP contribution in [0.15, 0.2) is 22.7 Å². The molecule has 0 unspecified atom stereocenters. The molecule has 5 heteroatoms. The summed E-state index contributed by atoms with van der Waals surface area (Å²) in [6.45, 7) is 2.05. The zero-order valence-electron chi connectivity index (χ0n) is 8.41. The number of rotatable bonds is 1. The van der Waals surface area contributed by atoms with E-state index in [4.69, 9.17) is 12.2 Å². The van der Waals surface area contributed by atoms with Gasteiger partial charge >= 0.3 is 0 Å². The lowest BCUT2D eigenvalue weighted by molar-refractivity contribution is 0.756. The summed E-state index contributed by atoms with van der Waals surface area (Å²) in [4.78, 5) is 4.26. The number of H-pyrrole nitrogens is 1. The van der Waals surface area contributed by atoms with Gasteiger partial charge in [-0.05, 0) is 36.8 Å². The van der Waals surface area contributed by atoms with Crippen molar-refractivity contribution in [1.82, 2.24) is 14.8 Å². The number of benzene rings is 1. The Morgan fingerprint density at radius 1 is 1.47 bits per heavy atom. The minimum Gasteiger partial charge on any atom is -0.279 e. The fourth-order valence-electron chi connectivity index (χ4n) is 1.32. The van der Waals surface area contributed by atoms with E-state index in [0.717, 1.165) is 15.9 Å². The number of aromatic amines is 1. The number of halogens is 1. The molecule has 0 saturated carbocycles. The molecule has 2 aromatic rings. The Labute approximate surface area is 101 Å². The van der Waals surface area contributed by atoms with Crippen molar-refractivity contribution in [3.05, 3.63) is 33.0 Å². The normalized spacial score (nSPS) is 10.6. The van der Waals surface area contributed by atoms with Gasteiger partial charge in [0.25, 0.3) is 0 Å². The van der Waals surface area contributed by atoms with Crippen LogP contribution in [0.2, 0.25) is 0 Å². The molecule has 0 fully saturated rings. The molecule has 0 spiro atoms. The fourth-order valence-corrected chi connectivity index (χ4v) is 1.71. The van der Waals surface area contributed by atoms with E-state index in [2.05, 4.69) is 32.1 Å². The first-order valence-electron chi connectivity index (χ1n) is 4.47. The summed E-state index contributed by atoms with van der Waals surface area (Å²) in [6.07, 6.45) is 0. The summed E-state index contributed by atoms with van der Waals surface area (Å²) in [5.74, 6) is 0.804. The number of aromatic nitrogens is 3. The Morgan fingerprint density at radius 3 is 2.73 bits per heavy atom. The van der Waals surface area contributed by atoms with Gasteiger partial charge in [0, 0.05) is 17.1 Å². The van der Waals surface area contributed by atoms with E-state index in [9.17, 15) is 0 Å². The molecule has 0 saturated heterocycles. The first kappa shape index (κ1) is 10.6. The molecule has 0 radical (unpaired) electrons. The van der Waals surface area contributed by atoms with Crippen molar-refractivity contribution < 1.29 is 0 Å². The molecular weight excluding hydrogens is 274 g/mol. The number of hydrogen-bond donors (Lipinski definition) is 1. The highest BCUT2D eigenvalue weighted by Gasteiger charge is 2.04. The maximum Gasteiger partial charge on any atom is 0.216 e. The van der Waals surface area contributed by atoms with Gasteiger partial charge in [0.05, 0.1) is 0 Å². The van der Waals surface area contributed by atoms with Crippen molar-refractivity contribution in [3.8, 4) is 11.4 Å². The summed E-state index contributed by atoms with van der Waals surface area (Å²) >= 11 is 8.51. The summed E-state index contributed by atoms with van der Waals surface area (Å²) in [5.41, 5.74) is 2.22. The van der Waals surface area contributed by atoms with Gasteiger partial charge in [0.15, 0.2) is 5.82 Å². The second kappa shape index (κ2) is 3.90. The molecule has 1 N–H and O–H groups in total. The lowest BCUT2D eigenvalue weighted by atomic mass is 10.1. The molecule has 0 aliphatic heterocycles. The van der Waals surface area contributed by atoms with Crippen LogP contribution in [-0.4, -0.2) is 14.8 Å². The van der Waals surface area contributed by atoms with Crippen LogP contribution >= 0.6 is 28.1 Å². The molecule has 0 atom stereocenters. The van der Waals surface area contributed by atoms with Crippen LogP contribution in [0, 0.1) is 11.7 Å². The first-order chi connectivity index (χ1) is 7.08. The Bertz CT molecular complexity index is 556. The minimum atomic E-state index is 0.561. The average Bonchev–Trinajstić information content (AvgIpc) is 2.52. The molecule has 3 nitrogen and oxygen atoms in total. The quantitative estimate of drug-likeness (QED) is 0.816. The zero-order valence-corrected chi connectivity index (χ0v) is 10.8. The van der Waals surface area contributed by atoms with Crippen molar-refractivity contribution >= 4 is 28.1 Å². The lowest BCUT2D eigenvalue weighted by Crippen LogP contribution is -1.89. The summed E-state index contributed by atoms with van der Waals surface area (Å²) in [6, 6.07) is 6.08. The predicted octanol–water partition coefficient (Wildman–Crippen LogP) is 3.22. The predicted molar refractivity (Wildman–Crippen MR) is 66.3 cm³/mol. The van der Waals surface area contributed by atoms with Crippen molar-refractivity contribution in [2.75, 3.05) is 0 Å². The van der Waals surface area contributed by atoms with Crippen molar-refractivity contribution in [2.45, 2.75) is 6.92 Å². The van der Waals surface area contributed by atoms with E-state index < -0.39 is 0 Å². The topological polar surface area (TPSA) is 33.6 Å². The van der Waals surface area contributed by atoms with Gasteiger partial charge in [-0.2, -0.15) is 4.98 Å². The number of hydrogen-bond acceptors (Lipinski definition) is 2. The maximum atomic E-state index is 5.04. The van der Waals surface area contributed by atoms with Gasteiger partial charge in [0.1, 0.15) is 0 Å². The molecule has 0 aliphatic carbocycles. The third-order valence-electron chi connectivity index (χ3n) is 2.20. The summed E-state index contributed by atoms with van der Waals surface area (Å²) < 4.78 is 3.38. The molecule has 0 aliphatic rings. The highest BCUT2D eigenvalue weighted by Crippen LogP contribution is 2.22. The first-order valence-corrected chi connectivity index (χ1v) is 5.67. The minimum absolute atomic E-state index is 0.561. The molecular formula is C10H10BrN3S. The standard InChI is InChI=1S/C10H10BrN3S/c1-6-5-7(3-4-8(6)11)9-12-10(15)14(2)13-9/h3-5H,1-2H3,(H,12,13,15).